The van der Waals surface area contributed by atoms with Crippen LogP contribution in [-0.2, 0) is 28.6 Å². The molecule has 0 unspecified atom stereocenters. The van der Waals surface area contributed by atoms with Crippen molar-refractivity contribution in [1.82, 2.24) is 0 Å². The predicted molar refractivity (Wildman–Crippen MR) is 75.8 cm³/mol. The van der Waals surface area contributed by atoms with Gasteiger partial charge in [-0.15, -0.1) is 0 Å². The summed E-state index contributed by atoms with van der Waals surface area (Å²) in [4.78, 5) is 36.1. The number of methoxy groups -OCH3 is 3. The number of aliphatic hydroxyl groups is 1. The predicted octanol–water partition coefficient (Wildman–Crippen LogP) is 1.58. The highest BCUT2D eigenvalue weighted by Crippen LogP contribution is 2.29. The van der Waals surface area contributed by atoms with E-state index < -0.39 is 17.9 Å². The summed E-state index contributed by atoms with van der Waals surface area (Å²) in [5.74, 6) is -2.83. The SMILES string of the molecule is COC(=O)/C1=C(C(=O)OC)/C(C(=O)OC)=C(/O)CCCCC1. The summed E-state index contributed by atoms with van der Waals surface area (Å²) in [6.45, 7) is 0. The molecule has 0 fully saturated rings. The van der Waals surface area contributed by atoms with Gasteiger partial charge in [-0.2, -0.15) is 0 Å². The first-order chi connectivity index (χ1) is 10.5. The van der Waals surface area contributed by atoms with Gasteiger partial charge in [-0.3, -0.25) is 0 Å². The second-order valence-electron chi connectivity index (χ2n) is 4.71. The third-order valence-electron chi connectivity index (χ3n) is 3.39. The number of allylic oxidation sites excluding steroid dienone is 1. The molecule has 7 heteroatoms. The van der Waals surface area contributed by atoms with E-state index in [4.69, 9.17) is 0 Å². The lowest BCUT2D eigenvalue weighted by Gasteiger charge is -2.14. The summed E-state index contributed by atoms with van der Waals surface area (Å²) < 4.78 is 14.0. The van der Waals surface area contributed by atoms with Crippen molar-refractivity contribution in [3.8, 4) is 0 Å². The maximum Gasteiger partial charge on any atom is 0.342 e. The zero-order valence-corrected chi connectivity index (χ0v) is 12.9. The monoisotopic (exact) mass is 312 g/mol. The highest BCUT2D eigenvalue weighted by molar-refractivity contribution is 6.12. The standard InChI is InChI=1S/C15H20O7/c1-20-13(17)9-7-5-4-6-8-10(16)12(15(19)22-3)11(9)14(18)21-2/h16H,4-8H2,1-3H3/b11-9-,12-10-. The molecule has 0 aromatic heterocycles. The topological polar surface area (TPSA) is 99.1 Å². The molecular formula is C15H20O7. The zero-order chi connectivity index (χ0) is 16.7. The number of esters is 3. The van der Waals surface area contributed by atoms with Crippen LogP contribution in [0, 0.1) is 0 Å². The van der Waals surface area contributed by atoms with Crippen LogP contribution >= 0.6 is 0 Å². The van der Waals surface area contributed by atoms with Crippen LogP contribution in [0.2, 0.25) is 0 Å². The molecular weight excluding hydrogens is 292 g/mol. The lowest BCUT2D eigenvalue weighted by molar-refractivity contribution is -0.141. The van der Waals surface area contributed by atoms with Crippen LogP contribution in [0.4, 0.5) is 0 Å². The van der Waals surface area contributed by atoms with Gasteiger partial charge in [0.25, 0.3) is 0 Å². The number of hydrogen-bond acceptors (Lipinski definition) is 7. The van der Waals surface area contributed by atoms with Crippen LogP contribution in [0.25, 0.3) is 0 Å². The number of aliphatic hydroxyl groups excluding tert-OH is 1. The molecule has 1 N–H and O–H groups in total. The Bertz CT molecular complexity index is 528. The molecule has 0 saturated carbocycles. The van der Waals surface area contributed by atoms with Gasteiger partial charge in [-0.1, -0.05) is 6.42 Å². The van der Waals surface area contributed by atoms with Gasteiger partial charge < -0.3 is 19.3 Å². The molecule has 1 aliphatic rings. The number of ether oxygens (including phenoxy) is 3. The average molecular weight is 312 g/mol. The van der Waals surface area contributed by atoms with E-state index in [0.717, 1.165) is 20.6 Å². The van der Waals surface area contributed by atoms with Gasteiger partial charge >= 0.3 is 17.9 Å². The summed E-state index contributed by atoms with van der Waals surface area (Å²) in [6.07, 6.45) is 2.42. The van der Waals surface area contributed by atoms with Crippen molar-refractivity contribution in [2.45, 2.75) is 32.1 Å². The number of rotatable bonds is 3. The zero-order valence-electron chi connectivity index (χ0n) is 12.9. The molecule has 7 nitrogen and oxygen atoms in total. The van der Waals surface area contributed by atoms with E-state index in [1.54, 1.807) is 0 Å². The summed E-state index contributed by atoms with van der Waals surface area (Å²) in [6, 6.07) is 0. The van der Waals surface area contributed by atoms with E-state index in [9.17, 15) is 19.5 Å². The Labute approximate surface area is 128 Å². The first-order valence-electron chi connectivity index (χ1n) is 6.88. The summed E-state index contributed by atoms with van der Waals surface area (Å²) >= 11 is 0. The fourth-order valence-electron chi connectivity index (χ4n) is 2.29. The van der Waals surface area contributed by atoms with Gasteiger partial charge in [0, 0.05) is 6.42 Å². The Morgan fingerprint density at radius 2 is 1.27 bits per heavy atom. The number of hydrogen-bond donors (Lipinski definition) is 1. The fourth-order valence-corrected chi connectivity index (χ4v) is 2.29. The highest BCUT2D eigenvalue weighted by Gasteiger charge is 2.33. The average Bonchev–Trinajstić information content (AvgIpc) is 2.61. The van der Waals surface area contributed by atoms with Crippen LogP contribution in [0.15, 0.2) is 22.5 Å². The van der Waals surface area contributed by atoms with Crippen LogP contribution in [0.3, 0.4) is 0 Å². The smallest absolute Gasteiger partial charge is 0.342 e. The molecule has 0 aromatic carbocycles. The van der Waals surface area contributed by atoms with Crippen molar-refractivity contribution in [2.75, 3.05) is 21.3 Å². The van der Waals surface area contributed by atoms with Crippen molar-refractivity contribution >= 4 is 17.9 Å². The summed E-state index contributed by atoms with van der Waals surface area (Å²) in [5.41, 5.74) is -0.625. The van der Waals surface area contributed by atoms with E-state index in [1.165, 1.54) is 7.11 Å². The largest absolute Gasteiger partial charge is 0.511 e. The lowest BCUT2D eigenvalue weighted by Crippen LogP contribution is -2.22. The van der Waals surface area contributed by atoms with Gasteiger partial charge in [0.2, 0.25) is 0 Å². The van der Waals surface area contributed by atoms with Crippen molar-refractivity contribution in [1.29, 1.82) is 0 Å². The maximum atomic E-state index is 12.1. The third-order valence-corrected chi connectivity index (χ3v) is 3.39. The Morgan fingerprint density at radius 3 is 1.82 bits per heavy atom. The molecule has 0 radical (unpaired) electrons. The van der Waals surface area contributed by atoms with Gasteiger partial charge in [-0.25, -0.2) is 14.4 Å². The minimum atomic E-state index is -0.902. The molecule has 0 aromatic rings. The van der Waals surface area contributed by atoms with Crippen LogP contribution < -0.4 is 0 Å². The van der Waals surface area contributed by atoms with Crippen LogP contribution in [-0.4, -0.2) is 44.3 Å². The Balaban J connectivity index is 3.64. The van der Waals surface area contributed by atoms with Crippen LogP contribution in [0.5, 0.6) is 0 Å². The number of carbonyl (C=O) groups is 3. The molecule has 0 bridgehead atoms. The van der Waals surface area contributed by atoms with Gasteiger partial charge in [0.1, 0.15) is 11.3 Å². The Kier molecular flexibility index (Phi) is 6.62. The summed E-state index contributed by atoms with van der Waals surface area (Å²) in [7, 11) is 3.43. The molecule has 0 amide bonds. The second kappa shape index (κ2) is 8.21. The molecule has 0 atom stereocenters. The second-order valence-corrected chi connectivity index (χ2v) is 4.71. The molecule has 0 aliphatic heterocycles. The molecule has 122 valence electrons. The van der Waals surface area contributed by atoms with E-state index in [2.05, 4.69) is 14.2 Å². The van der Waals surface area contributed by atoms with Gasteiger partial charge in [0.15, 0.2) is 0 Å². The first kappa shape index (κ1) is 17.7. The summed E-state index contributed by atoms with van der Waals surface area (Å²) in [5, 5.41) is 10.2. The molecule has 22 heavy (non-hydrogen) atoms. The van der Waals surface area contributed by atoms with Gasteiger partial charge in [0.05, 0.1) is 32.5 Å². The highest BCUT2D eigenvalue weighted by atomic mass is 16.5. The third kappa shape index (κ3) is 3.87. The molecule has 0 saturated heterocycles. The van der Waals surface area contributed by atoms with E-state index >= 15 is 0 Å². The van der Waals surface area contributed by atoms with Crippen LogP contribution in [0.1, 0.15) is 32.1 Å². The number of carbonyl (C=O) groups excluding carboxylic acids is 3. The molecule has 0 heterocycles. The first-order valence-corrected chi connectivity index (χ1v) is 6.88. The van der Waals surface area contributed by atoms with E-state index in [0.29, 0.717) is 12.8 Å². The van der Waals surface area contributed by atoms with Crippen molar-refractivity contribution < 1.29 is 33.7 Å². The molecule has 0 spiro atoms. The fraction of sp³-hybridized carbons (Fsp3) is 0.533. The van der Waals surface area contributed by atoms with Crippen molar-refractivity contribution in [2.24, 2.45) is 0 Å². The minimum absolute atomic E-state index is 0.00296. The van der Waals surface area contributed by atoms with Crippen molar-refractivity contribution in [3.05, 3.63) is 22.5 Å². The Hall–Kier alpha value is -2.31. The van der Waals surface area contributed by atoms with Gasteiger partial charge in [-0.05, 0) is 19.3 Å². The Morgan fingerprint density at radius 1 is 0.773 bits per heavy atom. The van der Waals surface area contributed by atoms with Crippen molar-refractivity contribution in [3.63, 3.8) is 0 Å². The van der Waals surface area contributed by atoms with E-state index in [-0.39, 0.29) is 35.3 Å². The molecule has 1 rings (SSSR count). The lowest BCUT2D eigenvalue weighted by atomic mass is 9.95. The molecule has 1 aliphatic carbocycles. The maximum absolute atomic E-state index is 12.1. The normalized spacial score (nSPS) is 22.9. The quantitative estimate of drug-likeness (QED) is 0.624. The minimum Gasteiger partial charge on any atom is -0.511 e. The van der Waals surface area contributed by atoms with E-state index in [1.807, 2.05) is 0 Å².